The monoisotopic (exact) mass is 330 g/mol. The van der Waals surface area contributed by atoms with Crippen molar-refractivity contribution in [3.05, 3.63) is 27.7 Å². The first-order chi connectivity index (χ1) is 7.74. The fourth-order valence-electron chi connectivity index (χ4n) is 2.11. The number of aromatic nitrogens is 2. The molecule has 2 nitrogen and oxygen atoms in total. The zero-order valence-electron chi connectivity index (χ0n) is 8.79. The van der Waals surface area contributed by atoms with E-state index >= 15 is 0 Å². The minimum atomic E-state index is -0.186. The number of halogens is 2. The molecule has 4 heteroatoms. The molecule has 0 radical (unpaired) electrons. The van der Waals surface area contributed by atoms with Crippen LogP contribution in [0, 0.1) is 15.4 Å². The van der Waals surface area contributed by atoms with Crippen molar-refractivity contribution in [2.24, 2.45) is 5.92 Å². The number of nitrogens with zero attached hydrogens (tertiary/aromatic N) is 2. The van der Waals surface area contributed by atoms with Gasteiger partial charge in [-0.2, -0.15) is 5.10 Å². The molecule has 0 spiro atoms. The van der Waals surface area contributed by atoms with Gasteiger partial charge in [0.15, 0.2) is 0 Å². The quantitative estimate of drug-likeness (QED) is 0.770. The number of fused-ring (bicyclic) bond motifs is 1. The van der Waals surface area contributed by atoms with Crippen LogP contribution in [-0.4, -0.2) is 9.78 Å². The largest absolute Gasteiger partial charge is 0.258 e. The van der Waals surface area contributed by atoms with Crippen molar-refractivity contribution in [1.29, 1.82) is 0 Å². The highest BCUT2D eigenvalue weighted by Gasteiger charge is 2.20. The molecule has 2 aromatic rings. The molecule has 1 aliphatic carbocycles. The molecule has 0 N–H and O–H groups in total. The van der Waals surface area contributed by atoms with Crippen LogP contribution >= 0.6 is 22.6 Å². The molecular formula is C12H12FIN2. The molecule has 16 heavy (non-hydrogen) atoms. The molecule has 3 rings (SSSR count). The average molecular weight is 330 g/mol. The molecule has 0 amide bonds. The van der Waals surface area contributed by atoms with E-state index in [1.807, 2.05) is 4.68 Å². The van der Waals surface area contributed by atoms with Crippen molar-refractivity contribution in [3.8, 4) is 0 Å². The third kappa shape index (κ3) is 1.73. The summed E-state index contributed by atoms with van der Waals surface area (Å²) in [6.45, 7) is 0.981. The van der Waals surface area contributed by atoms with E-state index in [4.69, 9.17) is 0 Å². The predicted molar refractivity (Wildman–Crippen MR) is 69.7 cm³/mol. The van der Waals surface area contributed by atoms with Crippen molar-refractivity contribution in [2.75, 3.05) is 0 Å². The maximum Gasteiger partial charge on any atom is 0.124 e. The summed E-state index contributed by atoms with van der Waals surface area (Å²) in [5, 5.41) is 5.45. The summed E-state index contributed by atoms with van der Waals surface area (Å²) in [5.41, 5.74) is 0.894. The second-order valence-corrected chi connectivity index (χ2v) is 5.45. The lowest BCUT2D eigenvalue weighted by atomic mass is 9.85. The van der Waals surface area contributed by atoms with Crippen LogP contribution in [-0.2, 0) is 6.54 Å². The molecule has 0 aliphatic heterocycles. The van der Waals surface area contributed by atoms with Gasteiger partial charge in [-0.3, -0.25) is 4.68 Å². The van der Waals surface area contributed by atoms with E-state index < -0.39 is 0 Å². The van der Waals surface area contributed by atoms with Crippen LogP contribution < -0.4 is 0 Å². The first-order valence-electron chi connectivity index (χ1n) is 5.55. The van der Waals surface area contributed by atoms with Gasteiger partial charge in [0.25, 0.3) is 0 Å². The van der Waals surface area contributed by atoms with Crippen LogP contribution in [0.3, 0.4) is 0 Å². The summed E-state index contributed by atoms with van der Waals surface area (Å²) in [5.74, 6) is 0.585. The molecule has 0 bridgehead atoms. The fraction of sp³-hybridized carbons (Fsp3) is 0.417. The van der Waals surface area contributed by atoms with Crippen LogP contribution in [0.2, 0.25) is 0 Å². The Morgan fingerprint density at radius 1 is 1.44 bits per heavy atom. The molecule has 1 aliphatic rings. The van der Waals surface area contributed by atoms with Crippen LogP contribution in [0.25, 0.3) is 10.9 Å². The smallest absolute Gasteiger partial charge is 0.124 e. The Balaban J connectivity index is 2.01. The topological polar surface area (TPSA) is 17.8 Å². The minimum absolute atomic E-state index is 0.186. The van der Waals surface area contributed by atoms with Gasteiger partial charge >= 0.3 is 0 Å². The normalized spacial score (nSPS) is 16.6. The van der Waals surface area contributed by atoms with Crippen molar-refractivity contribution >= 4 is 33.5 Å². The number of hydrogen-bond donors (Lipinski definition) is 0. The third-order valence-corrected chi connectivity index (χ3v) is 4.43. The van der Waals surface area contributed by atoms with Gasteiger partial charge in [-0.15, -0.1) is 0 Å². The summed E-state index contributed by atoms with van der Waals surface area (Å²) in [4.78, 5) is 0. The Bertz CT molecular complexity index is 531. The van der Waals surface area contributed by atoms with Crippen LogP contribution in [0.15, 0.2) is 18.2 Å². The number of rotatable bonds is 2. The molecule has 0 atom stereocenters. The van der Waals surface area contributed by atoms with Gasteiger partial charge in [0, 0.05) is 11.9 Å². The first-order valence-corrected chi connectivity index (χ1v) is 6.63. The van der Waals surface area contributed by atoms with Crippen molar-refractivity contribution in [1.82, 2.24) is 9.78 Å². The van der Waals surface area contributed by atoms with Gasteiger partial charge < -0.3 is 0 Å². The lowest BCUT2D eigenvalue weighted by Crippen LogP contribution is -2.19. The van der Waals surface area contributed by atoms with Gasteiger partial charge in [-0.25, -0.2) is 4.39 Å². The molecule has 1 aromatic carbocycles. The van der Waals surface area contributed by atoms with Gasteiger partial charge in [0.2, 0.25) is 0 Å². The van der Waals surface area contributed by atoms with Crippen molar-refractivity contribution in [3.63, 3.8) is 0 Å². The van der Waals surface area contributed by atoms with E-state index in [-0.39, 0.29) is 5.82 Å². The lowest BCUT2D eigenvalue weighted by molar-refractivity contribution is 0.265. The van der Waals surface area contributed by atoms with E-state index in [1.54, 1.807) is 12.1 Å². The first kappa shape index (κ1) is 10.5. The van der Waals surface area contributed by atoms with Crippen LogP contribution in [0.1, 0.15) is 19.3 Å². The highest BCUT2D eigenvalue weighted by Crippen LogP contribution is 2.30. The maximum absolute atomic E-state index is 13.1. The average Bonchev–Trinajstić information content (AvgIpc) is 2.50. The Morgan fingerprint density at radius 2 is 2.25 bits per heavy atom. The van der Waals surface area contributed by atoms with Gasteiger partial charge in [-0.05, 0) is 59.5 Å². The second kappa shape index (κ2) is 3.98. The van der Waals surface area contributed by atoms with Crippen LogP contribution in [0.4, 0.5) is 4.39 Å². The van der Waals surface area contributed by atoms with E-state index in [1.165, 1.54) is 25.3 Å². The minimum Gasteiger partial charge on any atom is -0.258 e. The molecule has 0 unspecified atom stereocenters. The number of benzene rings is 1. The lowest BCUT2D eigenvalue weighted by Gasteiger charge is -2.25. The van der Waals surface area contributed by atoms with E-state index in [0.29, 0.717) is 0 Å². The zero-order valence-corrected chi connectivity index (χ0v) is 10.9. The number of hydrogen-bond acceptors (Lipinski definition) is 1. The van der Waals surface area contributed by atoms with Crippen LogP contribution in [0.5, 0.6) is 0 Å². The molecular weight excluding hydrogens is 318 g/mol. The van der Waals surface area contributed by atoms with Crippen molar-refractivity contribution < 1.29 is 4.39 Å². The standard InChI is InChI=1S/C12H12FIN2/c13-9-4-5-11-10(6-9)12(14)16(15-11)7-8-2-1-3-8/h4-6,8H,1-3,7H2. The molecule has 84 valence electrons. The molecule has 1 aromatic heterocycles. The Hall–Kier alpha value is -0.650. The van der Waals surface area contributed by atoms with E-state index in [9.17, 15) is 4.39 Å². The summed E-state index contributed by atoms with van der Waals surface area (Å²) >= 11 is 2.26. The highest BCUT2D eigenvalue weighted by molar-refractivity contribution is 14.1. The SMILES string of the molecule is Fc1ccc2nn(CC3CCC3)c(I)c2c1. The molecule has 1 heterocycles. The summed E-state index contributed by atoms with van der Waals surface area (Å²) < 4.78 is 16.2. The Kier molecular flexibility index (Phi) is 2.61. The molecule has 1 fully saturated rings. The second-order valence-electron chi connectivity index (χ2n) is 4.43. The maximum atomic E-state index is 13.1. The van der Waals surface area contributed by atoms with E-state index in [0.717, 1.165) is 27.1 Å². The zero-order chi connectivity index (χ0) is 11.1. The van der Waals surface area contributed by atoms with Gasteiger partial charge in [0.05, 0.1) is 5.52 Å². The Morgan fingerprint density at radius 3 is 2.94 bits per heavy atom. The van der Waals surface area contributed by atoms with Gasteiger partial charge in [0.1, 0.15) is 9.52 Å². The van der Waals surface area contributed by atoms with Crippen molar-refractivity contribution in [2.45, 2.75) is 25.8 Å². The third-order valence-electron chi connectivity index (χ3n) is 3.29. The Labute approximate surface area is 107 Å². The molecule has 0 saturated heterocycles. The summed E-state index contributed by atoms with van der Waals surface area (Å²) in [6, 6.07) is 4.80. The van der Waals surface area contributed by atoms with Gasteiger partial charge in [-0.1, -0.05) is 6.42 Å². The predicted octanol–water partition coefficient (Wildman–Crippen LogP) is 3.58. The fourth-order valence-corrected chi connectivity index (χ4v) is 2.85. The highest BCUT2D eigenvalue weighted by atomic mass is 127. The summed E-state index contributed by atoms with van der Waals surface area (Å²) in [6.07, 6.45) is 3.96. The summed E-state index contributed by atoms with van der Waals surface area (Å²) in [7, 11) is 0. The molecule has 1 saturated carbocycles. The van der Waals surface area contributed by atoms with E-state index in [2.05, 4.69) is 27.7 Å².